The number of pyridine rings is 1. The van der Waals surface area contributed by atoms with Crippen molar-refractivity contribution in [2.24, 2.45) is 11.8 Å². The number of nitrogens with one attached hydrogen (secondary N) is 1. The van der Waals surface area contributed by atoms with Crippen molar-refractivity contribution in [3.63, 3.8) is 0 Å². The van der Waals surface area contributed by atoms with Crippen LogP contribution in [0, 0.1) is 11.8 Å². The number of benzene rings is 1. The molecule has 4 rings (SSSR count). The first kappa shape index (κ1) is 16.0. The monoisotopic (exact) mass is 333 g/mol. The zero-order valence-corrected chi connectivity index (χ0v) is 14.5. The highest BCUT2D eigenvalue weighted by Gasteiger charge is 2.24. The normalized spacial score (nSPS) is 20.7. The van der Waals surface area contributed by atoms with Crippen molar-refractivity contribution in [2.75, 3.05) is 0 Å². The van der Waals surface area contributed by atoms with Crippen LogP contribution in [0.1, 0.15) is 38.3 Å². The number of hydrogen-bond donors (Lipinski definition) is 1. The molecule has 0 bridgehead atoms. The van der Waals surface area contributed by atoms with Gasteiger partial charge < -0.3 is 0 Å². The second-order valence-electron chi connectivity index (χ2n) is 7.32. The highest BCUT2D eigenvalue weighted by atomic mass is 16.1. The van der Waals surface area contributed by atoms with Crippen molar-refractivity contribution in [2.45, 2.75) is 39.0 Å². The molecule has 4 heteroatoms. The SMILES string of the molecule is CC1CCC(C(=O)Cc2cc3cc(-c4cn[nH]c4)ccc3cn2)CC1. The zero-order valence-electron chi connectivity index (χ0n) is 14.5. The second-order valence-corrected chi connectivity index (χ2v) is 7.32. The van der Waals surface area contributed by atoms with E-state index in [0.717, 1.165) is 46.4 Å². The minimum atomic E-state index is 0.228. The average molecular weight is 333 g/mol. The Morgan fingerprint density at radius 2 is 1.92 bits per heavy atom. The number of carbonyl (C=O) groups excluding carboxylic acids is 1. The van der Waals surface area contributed by atoms with E-state index in [1.54, 1.807) is 0 Å². The average Bonchev–Trinajstić information content (AvgIpc) is 3.16. The number of ketones is 1. The Balaban J connectivity index is 1.54. The third kappa shape index (κ3) is 3.48. The predicted molar refractivity (Wildman–Crippen MR) is 99.2 cm³/mol. The molecule has 3 aromatic rings. The standard InChI is InChI=1S/C21H23N3O/c1-14-2-4-15(5-3-14)21(25)10-20-9-18-8-16(19-12-23-24-13-19)6-7-17(18)11-22-20/h6-9,11-15H,2-5,10H2,1H3,(H,23,24). The summed E-state index contributed by atoms with van der Waals surface area (Å²) in [5, 5.41) is 9.07. The van der Waals surface area contributed by atoms with Gasteiger partial charge in [-0.1, -0.05) is 31.9 Å². The van der Waals surface area contributed by atoms with Crippen molar-refractivity contribution >= 4 is 16.6 Å². The summed E-state index contributed by atoms with van der Waals surface area (Å²) < 4.78 is 0. The molecule has 0 unspecified atom stereocenters. The smallest absolute Gasteiger partial charge is 0.141 e. The first-order valence-corrected chi connectivity index (χ1v) is 9.09. The number of Topliss-reactive ketones (excluding diaryl/α,β-unsaturated/α-hetero) is 1. The number of rotatable bonds is 4. The molecule has 1 aliphatic rings. The zero-order chi connectivity index (χ0) is 17.2. The molecule has 2 aromatic heterocycles. The molecule has 0 saturated heterocycles. The number of aromatic nitrogens is 3. The van der Waals surface area contributed by atoms with Crippen LogP contribution < -0.4 is 0 Å². The van der Waals surface area contributed by atoms with Crippen LogP contribution in [0.15, 0.2) is 42.9 Å². The predicted octanol–water partition coefficient (Wildman–Crippen LogP) is 4.56. The molecule has 0 atom stereocenters. The first-order chi connectivity index (χ1) is 12.2. The van der Waals surface area contributed by atoms with Crippen molar-refractivity contribution in [3.05, 3.63) is 48.5 Å². The van der Waals surface area contributed by atoms with Crippen LogP contribution in [0.2, 0.25) is 0 Å². The third-order valence-corrected chi connectivity index (χ3v) is 5.44. The molecule has 1 saturated carbocycles. The van der Waals surface area contributed by atoms with Crippen LogP contribution in [0.5, 0.6) is 0 Å². The summed E-state index contributed by atoms with van der Waals surface area (Å²) in [6.07, 6.45) is 10.5. The summed E-state index contributed by atoms with van der Waals surface area (Å²) in [6, 6.07) is 8.34. The molecule has 0 radical (unpaired) electrons. The molecule has 4 nitrogen and oxygen atoms in total. The van der Waals surface area contributed by atoms with Gasteiger partial charge in [0.15, 0.2) is 0 Å². The van der Waals surface area contributed by atoms with E-state index in [2.05, 4.69) is 46.4 Å². The van der Waals surface area contributed by atoms with Crippen LogP contribution in [-0.4, -0.2) is 21.0 Å². The van der Waals surface area contributed by atoms with Crippen LogP contribution in [-0.2, 0) is 11.2 Å². The summed E-state index contributed by atoms with van der Waals surface area (Å²) in [5.74, 6) is 1.35. The molecule has 1 fully saturated rings. The molecule has 1 aliphatic carbocycles. The van der Waals surface area contributed by atoms with Gasteiger partial charge >= 0.3 is 0 Å². The lowest BCUT2D eigenvalue weighted by Gasteiger charge is -2.24. The van der Waals surface area contributed by atoms with Gasteiger partial charge in [0.2, 0.25) is 0 Å². The fraction of sp³-hybridized carbons (Fsp3) is 0.381. The number of nitrogens with zero attached hydrogens (tertiary/aromatic N) is 2. The van der Waals surface area contributed by atoms with E-state index >= 15 is 0 Å². The van der Waals surface area contributed by atoms with Crippen molar-refractivity contribution in [1.29, 1.82) is 0 Å². The van der Waals surface area contributed by atoms with Gasteiger partial charge in [0.25, 0.3) is 0 Å². The Morgan fingerprint density at radius 3 is 2.68 bits per heavy atom. The quantitative estimate of drug-likeness (QED) is 0.761. The summed E-state index contributed by atoms with van der Waals surface area (Å²) in [5.41, 5.74) is 3.05. The fourth-order valence-electron chi connectivity index (χ4n) is 3.78. The van der Waals surface area contributed by atoms with E-state index in [0.29, 0.717) is 12.2 Å². The molecule has 1 aromatic carbocycles. The molecule has 25 heavy (non-hydrogen) atoms. The molecule has 0 spiro atoms. The Bertz CT molecular complexity index is 877. The van der Waals surface area contributed by atoms with Gasteiger partial charge in [0.05, 0.1) is 6.20 Å². The van der Waals surface area contributed by atoms with Gasteiger partial charge in [0.1, 0.15) is 5.78 Å². The summed E-state index contributed by atoms with van der Waals surface area (Å²) in [4.78, 5) is 17.1. The van der Waals surface area contributed by atoms with Crippen LogP contribution in [0.4, 0.5) is 0 Å². The maximum absolute atomic E-state index is 12.6. The number of fused-ring (bicyclic) bond motifs is 1. The number of aromatic amines is 1. The number of hydrogen-bond acceptors (Lipinski definition) is 3. The molecule has 2 heterocycles. The van der Waals surface area contributed by atoms with Gasteiger partial charge in [-0.05, 0) is 41.8 Å². The third-order valence-electron chi connectivity index (χ3n) is 5.44. The second kappa shape index (κ2) is 6.79. The fourth-order valence-corrected chi connectivity index (χ4v) is 3.78. The molecule has 128 valence electrons. The lowest BCUT2D eigenvalue weighted by molar-refractivity contribution is -0.123. The lowest BCUT2D eigenvalue weighted by Crippen LogP contribution is -2.22. The Labute approximate surface area is 147 Å². The maximum Gasteiger partial charge on any atom is 0.141 e. The topological polar surface area (TPSA) is 58.6 Å². The van der Waals surface area contributed by atoms with Gasteiger partial charge in [0, 0.05) is 41.4 Å². The molecular formula is C21H23N3O. The van der Waals surface area contributed by atoms with E-state index in [-0.39, 0.29) is 5.92 Å². The van der Waals surface area contributed by atoms with Crippen molar-refractivity contribution in [1.82, 2.24) is 15.2 Å². The molecular weight excluding hydrogens is 310 g/mol. The lowest BCUT2D eigenvalue weighted by atomic mass is 9.80. The van der Waals surface area contributed by atoms with Gasteiger partial charge in [-0.25, -0.2) is 0 Å². The Morgan fingerprint density at radius 1 is 1.08 bits per heavy atom. The molecule has 0 amide bonds. The Kier molecular flexibility index (Phi) is 4.35. The Hall–Kier alpha value is -2.49. The van der Waals surface area contributed by atoms with E-state index in [9.17, 15) is 4.79 Å². The van der Waals surface area contributed by atoms with Gasteiger partial charge in [-0.3, -0.25) is 14.9 Å². The maximum atomic E-state index is 12.6. The van der Waals surface area contributed by atoms with Crippen molar-refractivity contribution < 1.29 is 4.79 Å². The highest BCUT2D eigenvalue weighted by molar-refractivity contribution is 5.88. The highest BCUT2D eigenvalue weighted by Crippen LogP contribution is 2.30. The minimum absolute atomic E-state index is 0.228. The van der Waals surface area contributed by atoms with E-state index in [1.165, 1.54) is 12.8 Å². The number of H-pyrrole nitrogens is 1. The van der Waals surface area contributed by atoms with Gasteiger partial charge in [-0.15, -0.1) is 0 Å². The first-order valence-electron chi connectivity index (χ1n) is 9.09. The number of carbonyl (C=O) groups is 1. The summed E-state index contributed by atoms with van der Waals surface area (Å²) >= 11 is 0. The van der Waals surface area contributed by atoms with E-state index < -0.39 is 0 Å². The molecule has 1 N–H and O–H groups in total. The van der Waals surface area contributed by atoms with E-state index in [1.807, 2.05) is 18.6 Å². The largest absolute Gasteiger partial charge is 0.299 e. The van der Waals surface area contributed by atoms with Gasteiger partial charge in [-0.2, -0.15) is 5.10 Å². The molecule has 0 aliphatic heterocycles. The minimum Gasteiger partial charge on any atom is -0.299 e. The summed E-state index contributed by atoms with van der Waals surface area (Å²) in [7, 11) is 0. The van der Waals surface area contributed by atoms with E-state index in [4.69, 9.17) is 0 Å². The van der Waals surface area contributed by atoms with Crippen LogP contribution >= 0.6 is 0 Å². The summed E-state index contributed by atoms with van der Waals surface area (Å²) in [6.45, 7) is 2.28. The van der Waals surface area contributed by atoms with Crippen LogP contribution in [0.25, 0.3) is 21.9 Å². The van der Waals surface area contributed by atoms with Crippen molar-refractivity contribution in [3.8, 4) is 11.1 Å². The van der Waals surface area contributed by atoms with Crippen LogP contribution in [0.3, 0.4) is 0 Å².